The minimum atomic E-state index is -0.328. The van der Waals surface area contributed by atoms with Gasteiger partial charge in [-0.15, -0.1) is 11.3 Å². The summed E-state index contributed by atoms with van der Waals surface area (Å²) < 4.78 is 5.28. The number of amidine groups is 1. The van der Waals surface area contributed by atoms with Gasteiger partial charge >= 0.3 is 0 Å². The van der Waals surface area contributed by atoms with E-state index >= 15 is 0 Å². The number of carbonyl (C=O) groups excluding carboxylic acids is 1. The Bertz CT molecular complexity index is 1070. The summed E-state index contributed by atoms with van der Waals surface area (Å²) in [6.45, 7) is 4.36. The van der Waals surface area contributed by atoms with Crippen molar-refractivity contribution in [1.82, 2.24) is 5.32 Å². The molecule has 6 nitrogen and oxygen atoms in total. The van der Waals surface area contributed by atoms with Crippen LogP contribution in [0.25, 0.3) is 0 Å². The molecule has 0 aliphatic carbocycles. The second-order valence-corrected chi connectivity index (χ2v) is 8.83. The van der Waals surface area contributed by atoms with Crippen LogP contribution < -0.4 is 15.8 Å². The van der Waals surface area contributed by atoms with Crippen molar-refractivity contribution in [3.8, 4) is 11.5 Å². The van der Waals surface area contributed by atoms with Crippen molar-refractivity contribution in [2.75, 3.05) is 13.7 Å². The summed E-state index contributed by atoms with van der Waals surface area (Å²) in [6, 6.07) is 15.1. The van der Waals surface area contributed by atoms with E-state index in [0.29, 0.717) is 36.5 Å². The summed E-state index contributed by atoms with van der Waals surface area (Å²) in [6.07, 6.45) is 1.29. The molecule has 3 aromatic rings. The zero-order chi connectivity index (χ0) is 23.1. The number of carbonyl (C=O) groups is 1. The third-order valence-corrected chi connectivity index (χ3v) is 5.94. The molecule has 0 unspecified atom stereocenters. The number of nitrogens with zero attached hydrogens (tertiary/aromatic N) is 1. The van der Waals surface area contributed by atoms with E-state index in [9.17, 15) is 9.90 Å². The number of hydrogen-bond donors (Lipinski definition) is 3. The average molecular weight is 452 g/mol. The summed E-state index contributed by atoms with van der Waals surface area (Å²) in [5, 5.41) is 15.4. The lowest BCUT2D eigenvalue weighted by Gasteiger charge is -2.15. The average Bonchev–Trinajstić information content (AvgIpc) is 3.27. The second-order valence-electron chi connectivity index (χ2n) is 7.80. The Morgan fingerprint density at radius 3 is 2.59 bits per heavy atom. The van der Waals surface area contributed by atoms with Crippen molar-refractivity contribution in [2.45, 2.75) is 32.6 Å². The van der Waals surface area contributed by atoms with E-state index in [-0.39, 0.29) is 23.1 Å². The molecule has 168 valence electrons. The van der Waals surface area contributed by atoms with Gasteiger partial charge in [0.05, 0.1) is 18.4 Å². The first-order valence-electron chi connectivity index (χ1n) is 10.5. The van der Waals surface area contributed by atoms with Gasteiger partial charge < -0.3 is 20.9 Å². The van der Waals surface area contributed by atoms with E-state index in [1.165, 1.54) is 4.88 Å². The van der Waals surface area contributed by atoms with Crippen molar-refractivity contribution in [1.29, 1.82) is 0 Å². The molecule has 0 spiro atoms. The van der Waals surface area contributed by atoms with Gasteiger partial charge in [-0.25, -0.2) is 4.99 Å². The van der Waals surface area contributed by atoms with Gasteiger partial charge in [0.15, 0.2) is 0 Å². The lowest BCUT2D eigenvalue weighted by molar-refractivity contribution is 0.0951. The normalized spacial score (nSPS) is 11.6. The molecule has 0 saturated heterocycles. The number of phenols is 1. The smallest absolute Gasteiger partial charge is 0.255 e. The predicted molar refractivity (Wildman–Crippen MR) is 131 cm³/mol. The molecule has 0 saturated carbocycles. The van der Waals surface area contributed by atoms with Crippen LogP contribution in [0.4, 0.5) is 5.69 Å². The van der Waals surface area contributed by atoms with E-state index in [1.807, 2.05) is 55.6 Å². The van der Waals surface area contributed by atoms with Gasteiger partial charge in [-0.1, -0.05) is 32.0 Å². The molecule has 0 fully saturated rings. The number of amides is 1. The number of nitrogens with two attached hydrogens (primary N) is 1. The maximum absolute atomic E-state index is 12.6. The van der Waals surface area contributed by atoms with Crippen molar-refractivity contribution >= 4 is 28.8 Å². The van der Waals surface area contributed by atoms with Crippen LogP contribution in [0.1, 0.15) is 46.1 Å². The van der Waals surface area contributed by atoms with Crippen LogP contribution in [0, 0.1) is 0 Å². The Hall–Kier alpha value is -3.32. The highest BCUT2D eigenvalue weighted by Gasteiger charge is 2.18. The molecule has 0 atom stereocenters. The molecule has 0 radical (unpaired) electrons. The molecule has 4 N–H and O–H groups in total. The van der Waals surface area contributed by atoms with E-state index < -0.39 is 0 Å². The molecule has 32 heavy (non-hydrogen) atoms. The minimum absolute atomic E-state index is 0.000603. The highest BCUT2D eigenvalue weighted by Crippen LogP contribution is 2.33. The number of benzene rings is 2. The summed E-state index contributed by atoms with van der Waals surface area (Å²) in [7, 11) is 1.54. The zero-order valence-corrected chi connectivity index (χ0v) is 19.4. The molecule has 2 aromatic carbocycles. The largest absolute Gasteiger partial charge is 0.507 e. The Labute approximate surface area is 192 Å². The van der Waals surface area contributed by atoms with Gasteiger partial charge in [0.25, 0.3) is 5.91 Å². The highest BCUT2D eigenvalue weighted by molar-refractivity contribution is 7.10. The summed E-state index contributed by atoms with van der Waals surface area (Å²) in [4.78, 5) is 18.3. The van der Waals surface area contributed by atoms with Crippen LogP contribution >= 0.6 is 11.3 Å². The Kier molecular flexibility index (Phi) is 7.89. The lowest BCUT2D eigenvalue weighted by Crippen LogP contribution is -2.26. The molecule has 7 heteroatoms. The number of aromatic hydroxyl groups is 1. The van der Waals surface area contributed by atoms with Crippen LogP contribution in [0.2, 0.25) is 0 Å². The zero-order valence-electron chi connectivity index (χ0n) is 18.6. The summed E-state index contributed by atoms with van der Waals surface area (Å²) >= 11 is 1.66. The van der Waals surface area contributed by atoms with Gasteiger partial charge in [-0.2, -0.15) is 0 Å². The fraction of sp³-hybridized carbons (Fsp3) is 0.280. The van der Waals surface area contributed by atoms with Crippen LogP contribution in [0.5, 0.6) is 11.5 Å². The SMILES string of the molecule is COc1cc(C(=O)NCCc2ccc(N=C(N)Cc3cccs3)cc2)c(O)c(C(C)C)c1. The quantitative estimate of drug-likeness (QED) is 0.322. The van der Waals surface area contributed by atoms with Gasteiger partial charge in [-0.3, -0.25) is 4.79 Å². The van der Waals surface area contributed by atoms with Gasteiger partial charge in [-0.05, 0) is 53.6 Å². The standard InChI is InChI=1S/C25H29N3O3S/c1-16(2)21-13-19(31-3)14-22(24(21)29)25(30)27-11-10-17-6-8-18(9-7-17)28-23(26)15-20-5-4-12-32-20/h4-9,12-14,16,29H,10-11,15H2,1-3H3,(H2,26,28)(H,27,30). The third-order valence-electron chi connectivity index (χ3n) is 5.06. The first-order valence-corrected chi connectivity index (χ1v) is 11.4. The number of phenolic OH excluding ortho intramolecular Hbond substituents is 1. The molecular weight excluding hydrogens is 422 g/mol. The molecule has 0 bridgehead atoms. The van der Waals surface area contributed by atoms with Crippen molar-refractivity contribution in [3.05, 3.63) is 75.5 Å². The number of aliphatic imine (C=N–C) groups is 1. The van der Waals surface area contributed by atoms with Crippen molar-refractivity contribution in [3.63, 3.8) is 0 Å². The molecule has 0 aliphatic heterocycles. The van der Waals surface area contributed by atoms with Crippen molar-refractivity contribution < 1.29 is 14.6 Å². The molecule has 1 aromatic heterocycles. The van der Waals surface area contributed by atoms with Crippen LogP contribution in [-0.2, 0) is 12.8 Å². The predicted octanol–water partition coefficient (Wildman–Crippen LogP) is 4.79. The first-order chi connectivity index (χ1) is 15.4. The fourth-order valence-corrected chi connectivity index (χ4v) is 4.03. The van der Waals surface area contributed by atoms with E-state index in [0.717, 1.165) is 11.3 Å². The molecule has 1 heterocycles. The number of nitrogens with one attached hydrogen (secondary N) is 1. The van der Waals surface area contributed by atoms with Gasteiger partial charge in [0.2, 0.25) is 0 Å². The summed E-state index contributed by atoms with van der Waals surface area (Å²) in [5.41, 5.74) is 8.82. The third kappa shape index (κ3) is 6.11. The first kappa shape index (κ1) is 23.3. The van der Waals surface area contributed by atoms with Crippen LogP contribution in [0.15, 0.2) is 58.9 Å². The van der Waals surface area contributed by atoms with Crippen molar-refractivity contribution in [2.24, 2.45) is 10.7 Å². The molecule has 0 aliphatic rings. The van der Waals surface area contributed by atoms with Crippen LogP contribution in [-0.4, -0.2) is 30.5 Å². The Balaban J connectivity index is 1.57. The van der Waals surface area contributed by atoms with Crippen LogP contribution in [0.3, 0.4) is 0 Å². The second kappa shape index (κ2) is 10.8. The molecule has 1 amide bonds. The number of thiophene rings is 1. The van der Waals surface area contributed by atoms with E-state index in [2.05, 4.69) is 10.3 Å². The molecular formula is C25H29N3O3S. The maximum atomic E-state index is 12.6. The number of methoxy groups -OCH3 is 1. The van der Waals surface area contributed by atoms with E-state index in [1.54, 1.807) is 30.6 Å². The topological polar surface area (TPSA) is 96.9 Å². The number of hydrogen-bond acceptors (Lipinski definition) is 5. The number of rotatable bonds is 9. The molecule has 3 rings (SSSR count). The fourth-order valence-electron chi connectivity index (χ4n) is 3.31. The minimum Gasteiger partial charge on any atom is -0.507 e. The Morgan fingerprint density at radius 1 is 1.22 bits per heavy atom. The number of ether oxygens (including phenoxy) is 1. The van der Waals surface area contributed by atoms with Gasteiger partial charge in [0, 0.05) is 23.4 Å². The maximum Gasteiger partial charge on any atom is 0.255 e. The summed E-state index contributed by atoms with van der Waals surface area (Å²) in [5.74, 6) is 0.862. The van der Waals surface area contributed by atoms with Gasteiger partial charge in [0.1, 0.15) is 17.3 Å². The lowest BCUT2D eigenvalue weighted by atomic mass is 9.98. The monoisotopic (exact) mass is 451 g/mol. The Morgan fingerprint density at radius 2 is 1.97 bits per heavy atom. The van der Waals surface area contributed by atoms with E-state index in [4.69, 9.17) is 10.5 Å². The highest BCUT2D eigenvalue weighted by atomic mass is 32.1.